The second-order valence-corrected chi connectivity index (χ2v) is 8.19. The van der Waals surface area contributed by atoms with Crippen molar-refractivity contribution in [2.75, 3.05) is 26.0 Å². The monoisotopic (exact) mass is 311 g/mol. The van der Waals surface area contributed by atoms with E-state index >= 15 is 0 Å². The second-order valence-electron chi connectivity index (χ2n) is 6.48. The minimum Gasteiger partial charge on any atom is -0.383 e. The van der Waals surface area contributed by atoms with Gasteiger partial charge in [0.1, 0.15) is 0 Å². The lowest BCUT2D eigenvalue weighted by Crippen LogP contribution is -2.44. The topological polar surface area (TPSA) is 61.4 Å². The first-order valence-corrected chi connectivity index (χ1v) is 8.73. The van der Waals surface area contributed by atoms with Crippen molar-refractivity contribution < 1.29 is 8.42 Å². The number of nitrogens with zero attached hydrogens (tertiary/aromatic N) is 1. The number of likely N-dealkylation sites (N-methyl/N-ethyl adjacent to an activating group) is 1. The molecule has 1 aliphatic rings. The Kier molecular flexibility index (Phi) is 4.60. The molecule has 0 aliphatic heterocycles. The van der Waals surface area contributed by atoms with Crippen molar-refractivity contribution in [2.24, 2.45) is 0 Å². The summed E-state index contributed by atoms with van der Waals surface area (Å²) in [5, 5.41) is 3.34. The van der Waals surface area contributed by atoms with Crippen LogP contribution in [0.15, 0.2) is 29.2 Å². The normalized spacial score (nSPS) is 16.2. The molecule has 1 aromatic rings. The average Bonchev–Trinajstić information content (AvgIpc) is 3.20. The van der Waals surface area contributed by atoms with Gasteiger partial charge in [0.05, 0.1) is 4.90 Å². The Morgan fingerprint density at radius 2 is 1.76 bits per heavy atom. The van der Waals surface area contributed by atoms with Gasteiger partial charge in [-0.25, -0.2) is 13.1 Å². The smallest absolute Gasteiger partial charge is 0.240 e. The minimum atomic E-state index is -3.36. The van der Waals surface area contributed by atoms with Gasteiger partial charge in [-0.15, -0.1) is 0 Å². The maximum Gasteiger partial charge on any atom is 0.240 e. The van der Waals surface area contributed by atoms with Crippen LogP contribution in [0.2, 0.25) is 0 Å². The van der Waals surface area contributed by atoms with E-state index < -0.39 is 10.0 Å². The molecule has 1 saturated carbocycles. The van der Waals surface area contributed by atoms with Gasteiger partial charge in [-0.1, -0.05) is 0 Å². The van der Waals surface area contributed by atoms with E-state index in [0.29, 0.717) is 4.90 Å². The SMILES string of the molecule is CN(C)C(C)(C)CNc1ccc(S(=O)(=O)NC2CC2)cc1. The van der Waals surface area contributed by atoms with Crippen molar-refractivity contribution >= 4 is 15.7 Å². The molecule has 5 nitrogen and oxygen atoms in total. The fraction of sp³-hybridized carbons (Fsp3) is 0.600. The van der Waals surface area contributed by atoms with Crippen LogP contribution in [0.3, 0.4) is 0 Å². The van der Waals surface area contributed by atoms with Crippen molar-refractivity contribution in [3.63, 3.8) is 0 Å². The van der Waals surface area contributed by atoms with Gasteiger partial charge in [0.2, 0.25) is 10.0 Å². The highest BCUT2D eigenvalue weighted by Crippen LogP contribution is 2.23. The van der Waals surface area contributed by atoms with E-state index in [-0.39, 0.29) is 11.6 Å². The first-order chi connectivity index (χ1) is 9.71. The summed E-state index contributed by atoms with van der Waals surface area (Å²) in [7, 11) is 0.729. The van der Waals surface area contributed by atoms with E-state index in [1.807, 2.05) is 26.2 Å². The van der Waals surface area contributed by atoms with Crippen molar-refractivity contribution in [3.05, 3.63) is 24.3 Å². The van der Waals surface area contributed by atoms with Gasteiger partial charge < -0.3 is 10.2 Å². The molecule has 0 amide bonds. The van der Waals surface area contributed by atoms with Crippen LogP contribution in [-0.2, 0) is 10.0 Å². The second kappa shape index (κ2) is 5.94. The molecule has 2 rings (SSSR count). The number of sulfonamides is 1. The molecular weight excluding hydrogens is 286 g/mol. The van der Waals surface area contributed by atoms with Crippen LogP contribution in [0.25, 0.3) is 0 Å². The van der Waals surface area contributed by atoms with Crippen LogP contribution in [0.1, 0.15) is 26.7 Å². The fourth-order valence-electron chi connectivity index (χ4n) is 1.72. The molecule has 0 aromatic heterocycles. The molecule has 6 heteroatoms. The van der Waals surface area contributed by atoms with Crippen LogP contribution in [0, 0.1) is 0 Å². The zero-order valence-corrected chi connectivity index (χ0v) is 14.0. The molecule has 21 heavy (non-hydrogen) atoms. The summed E-state index contributed by atoms with van der Waals surface area (Å²) < 4.78 is 26.8. The van der Waals surface area contributed by atoms with E-state index in [4.69, 9.17) is 0 Å². The fourth-order valence-corrected chi connectivity index (χ4v) is 3.02. The standard InChI is InChI=1S/C15H25N3O2S/c1-15(2,18(3)4)11-16-12-7-9-14(10-8-12)21(19,20)17-13-5-6-13/h7-10,13,16-17H,5-6,11H2,1-4H3. The highest BCUT2D eigenvalue weighted by Gasteiger charge is 2.27. The van der Waals surface area contributed by atoms with Crippen molar-refractivity contribution in [3.8, 4) is 0 Å². The lowest BCUT2D eigenvalue weighted by atomic mass is 10.0. The first-order valence-electron chi connectivity index (χ1n) is 7.24. The third-order valence-electron chi connectivity index (χ3n) is 4.00. The maximum atomic E-state index is 12.1. The van der Waals surface area contributed by atoms with Gasteiger partial charge >= 0.3 is 0 Å². The quantitative estimate of drug-likeness (QED) is 0.807. The summed E-state index contributed by atoms with van der Waals surface area (Å²) in [6.45, 7) is 5.09. The molecule has 118 valence electrons. The summed E-state index contributed by atoms with van der Waals surface area (Å²) in [5.74, 6) is 0. The number of hydrogen-bond donors (Lipinski definition) is 2. The Hall–Kier alpha value is -1.11. The first kappa shape index (κ1) is 16.3. The van der Waals surface area contributed by atoms with Crippen LogP contribution in [0.4, 0.5) is 5.69 Å². The molecule has 0 spiro atoms. The van der Waals surface area contributed by atoms with E-state index in [0.717, 1.165) is 25.1 Å². The van der Waals surface area contributed by atoms with E-state index in [2.05, 4.69) is 28.8 Å². The molecule has 0 heterocycles. The van der Waals surface area contributed by atoms with Gasteiger partial charge in [0.15, 0.2) is 0 Å². The molecule has 0 atom stereocenters. The van der Waals surface area contributed by atoms with Gasteiger partial charge in [-0.2, -0.15) is 0 Å². The number of anilines is 1. The molecule has 2 N–H and O–H groups in total. The van der Waals surface area contributed by atoms with Crippen LogP contribution < -0.4 is 10.0 Å². The highest BCUT2D eigenvalue weighted by atomic mass is 32.2. The lowest BCUT2D eigenvalue weighted by molar-refractivity contribution is 0.210. The Balaban J connectivity index is 1.99. The molecule has 0 radical (unpaired) electrons. The van der Waals surface area contributed by atoms with Crippen molar-refractivity contribution in [2.45, 2.75) is 43.2 Å². The Bertz CT molecular complexity index is 575. The van der Waals surface area contributed by atoms with Crippen molar-refractivity contribution in [1.29, 1.82) is 0 Å². The third kappa shape index (κ3) is 4.43. The zero-order valence-electron chi connectivity index (χ0n) is 13.2. The van der Waals surface area contributed by atoms with E-state index in [9.17, 15) is 8.42 Å². The summed E-state index contributed by atoms with van der Waals surface area (Å²) in [6, 6.07) is 7.06. The molecule has 1 aliphatic carbocycles. The van der Waals surface area contributed by atoms with Crippen LogP contribution >= 0.6 is 0 Å². The Morgan fingerprint density at radius 1 is 1.19 bits per heavy atom. The van der Waals surface area contributed by atoms with Gasteiger partial charge in [-0.3, -0.25) is 0 Å². The van der Waals surface area contributed by atoms with Crippen LogP contribution in [0.5, 0.6) is 0 Å². The van der Waals surface area contributed by atoms with Gasteiger partial charge in [0, 0.05) is 23.8 Å². The number of hydrogen-bond acceptors (Lipinski definition) is 4. The van der Waals surface area contributed by atoms with E-state index in [1.165, 1.54) is 0 Å². The zero-order chi connectivity index (χ0) is 15.7. The number of rotatable bonds is 7. The average molecular weight is 311 g/mol. The van der Waals surface area contributed by atoms with E-state index in [1.54, 1.807) is 12.1 Å². The van der Waals surface area contributed by atoms with Gasteiger partial charge in [-0.05, 0) is 65.0 Å². The predicted molar refractivity (Wildman–Crippen MR) is 86.0 cm³/mol. The molecule has 1 aromatic carbocycles. The number of nitrogens with one attached hydrogen (secondary N) is 2. The van der Waals surface area contributed by atoms with Gasteiger partial charge in [0.25, 0.3) is 0 Å². The molecule has 0 saturated heterocycles. The Labute approximate surface area is 127 Å². The van der Waals surface area contributed by atoms with Crippen LogP contribution in [-0.4, -0.2) is 45.5 Å². The molecular formula is C15H25N3O2S. The summed E-state index contributed by atoms with van der Waals surface area (Å²) in [6.07, 6.45) is 1.89. The maximum absolute atomic E-state index is 12.1. The largest absolute Gasteiger partial charge is 0.383 e. The minimum absolute atomic E-state index is 0.0261. The Morgan fingerprint density at radius 3 is 2.24 bits per heavy atom. The molecule has 0 unspecified atom stereocenters. The summed E-state index contributed by atoms with van der Waals surface area (Å²) >= 11 is 0. The summed E-state index contributed by atoms with van der Waals surface area (Å²) in [4.78, 5) is 2.48. The highest BCUT2D eigenvalue weighted by molar-refractivity contribution is 7.89. The molecule has 1 fully saturated rings. The molecule has 0 bridgehead atoms. The predicted octanol–water partition coefficient (Wildman–Crippen LogP) is 1.88. The third-order valence-corrected chi connectivity index (χ3v) is 5.54. The lowest BCUT2D eigenvalue weighted by Gasteiger charge is -2.33. The van der Waals surface area contributed by atoms with Crippen molar-refractivity contribution in [1.82, 2.24) is 9.62 Å². The summed E-state index contributed by atoms with van der Waals surface area (Å²) in [5.41, 5.74) is 0.952. The number of benzene rings is 1.